The van der Waals surface area contributed by atoms with Crippen molar-refractivity contribution in [3.63, 3.8) is 0 Å². The normalized spacial score (nSPS) is 12.7. The molecule has 0 spiro atoms. The van der Waals surface area contributed by atoms with Crippen LogP contribution in [0.5, 0.6) is 0 Å². The largest absolute Gasteiger partial charge is 0.318 e. The highest BCUT2D eigenvalue weighted by molar-refractivity contribution is 7.89. The summed E-state index contributed by atoms with van der Waals surface area (Å²) in [5.74, 6) is -0.528. The van der Waals surface area contributed by atoms with Crippen molar-refractivity contribution in [1.82, 2.24) is 14.3 Å². The second kappa shape index (κ2) is 7.43. The van der Waals surface area contributed by atoms with Crippen LogP contribution in [-0.4, -0.2) is 37.3 Å². The van der Waals surface area contributed by atoms with E-state index in [0.717, 1.165) is 14.5 Å². The summed E-state index contributed by atoms with van der Waals surface area (Å²) in [4.78, 5) is 12.9. The number of amides is 1. The molecule has 1 aromatic heterocycles. The van der Waals surface area contributed by atoms with Gasteiger partial charge in [0.2, 0.25) is 14.8 Å². The lowest BCUT2D eigenvalue weighted by molar-refractivity contribution is 0.0952. The first-order valence-electron chi connectivity index (χ1n) is 7.82. The number of halogens is 1. The molecule has 0 unspecified atom stereocenters. The second-order valence-electron chi connectivity index (χ2n) is 5.90. The van der Waals surface area contributed by atoms with Crippen LogP contribution in [-0.2, 0) is 17.1 Å². The minimum atomic E-state index is -3.77. The van der Waals surface area contributed by atoms with Crippen LogP contribution in [0.25, 0.3) is 10.2 Å². The van der Waals surface area contributed by atoms with Crippen LogP contribution in [0.2, 0.25) is 5.02 Å². The summed E-state index contributed by atoms with van der Waals surface area (Å²) in [5.41, 5.74) is 3.62. The minimum Gasteiger partial charge on any atom is -0.318 e. The Morgan fingerprint density at radius 3 is 2.59 bits per heavy atom. The van der Waals surface area contributed by atoms with Gasteiger partial charge in [0.05, 0.1) is 15.2 Å². The van der Waals surface area contributed by atoms with Gasteiger partial charge in [0.15, 0.2) is 0 Å². The van der Waals surface area contributed by atoms with Gasteiger partial charge in [-0.3, -0.25) is 4.79 Å². The first-order valence-corrected chi connectivity index (χ1v) is 10.5. The Labute approximate surface area is 165 Å². The fourth-order valence-corrected chi connectivity index (χ4v) is 4.76. The number of nitrogens with one attached hydrogen (secondary N) is 1. The molecule has 0 aliphatic heterocycles. The lowest BCUT2D eigenvalue weighted by Crippen LogP contribution is -2.25. The number of carbonyl (C=O) groups excluding carboxylic acids is 1. The van der Waals surface area contributed by atoms with Gasteiger partial charge in [-0.1, -0.05) is 35.1 Å². The Hall–Kier alpha value is -2.20. The zero-order chi connectivity index (χ0) is 19.8. The molecule has 0 saturated carbocycles. The van der Waals surface area contributed by atoms with E-state index in [0.29, 0.717) is 4.80 Å². The predicted octanol–water partition coefficient (Wildman–Crippen LogP) is 2.39. The van der Waals surface area contributed by atoms with Crippen molar-refractivity contribution in [2.75, 3.05) is 14.1 Å². The third-order valence-electron chi connectivity index (χ3n) is 3.92. The van der Waals surface area contributed by atoms with Crippen LogP contribution in [0.3, 0.4) is 0 Å². The van der Waals surface area contributed by atoms with Crippen LogP contribution in [0.4, 0.5) is 0 Å². The number of hydrogen-bond acceptors (Lipinski definition) is 5. The zero-order valence-corrected chi connectivity index (χ0v) is 17.2. The summed E-state index contributed by atoms with van der Waals surface area (Å²) in [6, 6.07) is 11.9. The van der Waals surface area contributed by atoms with Gasteiger partial charge in [-0.25, -0.2) is 18.1 Å². The van der Waals surface area contributed by atoms with Gasteiger partial charge in [0.1, 0.15) is 4.90 Å². The van der Waals surface area contributed by atoms with Crippen LogP contribution in [0.1, 0.15) is 10.4 Å². The van der Waals surface area contributed by atoms with E-state index in [2.05, 4.69) is 10.5 Å². The minimum absolute atomic E-state index is 0.0492. The van der Waals surface area contributed by atoms with E-state index in [9.17, 15) is 13.2 Å². The molecule has 2 aromatic carbocycles. The van der Waals surface area contributed by atoms with Gasteiger partial charge in [0, 0.05) is 26.7 Å². The predicted molar refractivity (Wildman–Crippen MR) is 106 cm³/mol. The Morgan fingerprint density at radius 2 is 1.93 bits per heavy atom. The fourth-order valence-electron chi connectivity index (χ4n) is 2.39. The highest BCUT2D eigenvalue weighted by Gasteiger charge is 2.22. The number of fused-ring (bicyclic) bond motifs is 1. The molecular formula is C17H17ClN4O3S2. The quantitative estimate of drug-likeness (QED) is 0.652. The van der Waals surface area contributed by atoms with Crippen molar-refractivity contribution in [3.05, 3.63) is 57.9 Å². The summed E-state index contributed by atoms with van der Waals surface area (Å²) in [7, 11) is 0.885. The second-order valence-corrected chi connectivity index (χ2v) is 9.43. The van der Waals surface area contributed by atoms with Crippen LogP contribution in [0.15, 0.2) is 52.5 Å². The van der Waals surface area contributed by atoms with Gasteiger partial charge in [0.25, 0.3) is 5.91 Å². The van der Waals surface area contributed by atoms with E-state index >= 15 is 0 Å². The first-order chi connectivity index (χ1) is 12.7. The highest BCUT2D eigenvalue weighted by Crippen LogP contribution is 2.24. The maximum Gasteiger partial charge on any atom is 0.271 e. The molecular weight excluding hydrogens is 408 g/mol. The molecule has 142 valence electrons. The van der Waals surface area contributed by atoms with Crippen molar-refractivity contribution in [2.45, 2.75) is 4.90 Å². The molecule has 1 amide bonds. The summed E-state index contributed by atoms with van der Waals surface area (Å²) >= 11 is 7.44. The molecule has 1 N–H and O–H groups in total. The third kappa shape index (κ3) is 3.77. The van der Waals surface area contributed by atoms with Crippen LogP contribution >= 0.6 is 22.9 Å². The molecule has 0 fully saturated rings. The molecule has 0 atom stereocenters. The molecule has 3 aromatic rings. The summed E-state index contributed by atoms with van der Waals surface area (Å²) in [6.07, 6.45) is 0. The average Bonchev–Trinajstić information content (AvgIpc) is 2.96. The van der Waals surface area contributed by atoms with Gasteiger partial charge in [-0.2, -0.15) is 0 Å². The number of aryl methyl sites for hydroxylation is 1. The molecule has 10 heteroatoms. The molecule has 7 nitrogen and oxygen atoms in total. The average molecular weight is 425 g/mol. The fraction of sp³-hybridized carbons (Fsp3) is 0.176. The molecule has 0 saturated heterocycles. The molecule has 0 radical (unpaired) electrons. The number of sulfonamides is 1. The molecule has 0 aliphatic rings. The zero-order valence-electron chi connectivity index (χ0n) is 14.8. The maximum atomic E-state index is 12.4. The van der Waals surface area contributed by atoms with Crippen LogP contribution < -0.4 is 10.2 Å². The highest BCUT2D eigenvalue weighted by atomic mass is 35.5. The summed E-state index contributed by atoms with van der Waals surface area (Å²) < 4.78 is 28.6. The third-order valence-corrected chi connectivity index (χ3v) is 7.33. The topological polar surface area (TPSA) is 83.8 Å². The number of nitrogens with zero attached hydrogens (tertiary/aromatic N) is 3. The Kier molecular flexibility index (Phi) is 5.38. The molecule has 1 heterocycles. The van der Waals surface area contributed by atoms with Crippen molar-refractivity contribution >= 4 is 49.1 Å². The van der Waals surface area contributed by atoms with Crippen molar-refractivity contribution in [2.24, 2.45) is 12.1 Å². The number of rotatable bonds is 4. The van der Waals surface area contributed by atoms with E-state index in [1.807, 2.05) is 35.9 Å². The number of hydrogen-bond donors (Lipinski definition) is 1. The van der Waals surface area contributed by atoms with E-state index < -0.39 is 15.9 Å². The summed E-state index contributed by atoms with van der Waals surface area (Å²) in [5, 5.41) is 4.21. The van der Waals surface area contributed by atoms with Gasteiger partial charge in [-0.15, -0.1) is 5.10 Å². The Morgan fingerprint density at radius 1 is 1.22 bits per heavy atom. The number of para-hydroxylation sites is 1. The molecule has 27 heavy (non-hydrogen) atoms. The van der Waals surface area contributed by atoms with Crippen molar-refractivity contribution in [3.8, 4) is 0 Å². The van der Waals surface area contributed by atoms with Crippen molar-refractivity contribution in [1.29, 1.82) is 0 Å². The first kappa shape index (κ1) is 19.6. The van der Waals surface area contributed by atoms with Gasteiger partial charge >= 0.3 is 0 Å². The van der Waals surface area contributed by atoms with Crippen LogP contribution in [0, 0.1) is 0 Å². The molecule has 3 rings (SSSR count). The van der Waals surface area contributed by atoms with Crippen molar-refractivity contribution < 1.29 is 13.2 Å². The Bertz CT molecular complexity index is 1200. The molecule has 0 bridgehead atoms. The smallest absolute Gasteiger partial charge is 0.271 e. The van der Waals surface area contributed by atoms with Gasteiger partial charge < -0.3 is 4.57 Å². The SMILES string of the molecule is CN(C)S(=O)(=O)c1cc(C(=O)N/N=c2\sc3ccccc3n2C)ccc1Cl. The maximum absolute atomic E-state index is 12.4. The van der Waals surface area contributed by atoms with Gasteiger partial charge in [-0.05, 0) is 30.3 Å². The van der Waals surface area contributed by atoms with E-state index in [-0.39, 0.29) is 15.5 Å². The molecule has 0 aliphatic carbocycles. The standard InChI is InChI=1S/C17H17ClN4O3S2/c1-21(2)27(24,25)15-10-11(8-9-12(15)18)16(23)19-20-17-22(3)13-6-4-5-7-14(13)26-17/h4-10H,1-3H3,(H,19,23)/b20-17-. The number of thiazole rings is 1. The van der Waals surface area contributed by atoms with E-state index in [4.69, 9.17) is 11.6 Å². The number of carbonyl (C=O) groups is 1. The summed E-state index contributed by atoms with van der Waals surface area (Å²) in [6.45, 7) is 0. The van der Waals surface area contributed by atoms with E-state index in [1.165, 1.54) is 43.6 Å². The number of aromatic nitrogens is 1. The number of benzene rings is 2. The van der Waals surface area contributed by atoms with E-state index in [1.54, 1.807) is 0 Å². The Balaban J connectivity index is 1.94. The lowest BCUT2D eigenvalue weighted by Gasteiger charge is -2.13. The monoisotopic (exact) mass is 424 g/mol. The lowest BCUT2D eigenvalue weighted by atomic mass is 10.2.